The second-order valence-corrected chi connectivity index (χ2v) is 5.90. The lowest BCUT2D eigenvalue weighted by Crippen LogP contribution is -2.06. The lowest BCUT2D eigenvalue weighted by molar-refractivity contribution is -0.384. The van der Waals surface area contributed by atoms with Crippen molar-refractivity contribution in [2.45, 2.75) is 0 Å². The van der Waals surface area contributed by atoms with Crippen LogP contribution in [0.3, 0.4) is 0 Å². The summed E-state index contributed by atoms with van der Waals surface area (Å²) < 4.78 is 6.19. The van der Waals surface area contributed by atoms with Crippen molar-refractivity contribution in [3.8, 4) is 5.75 Å². The number of rotatable bonds is 3. The van der Waals surface area contributed by atoms with Crippen molar-refractivity contribution in [2.75, 3.05) is 0 Å². The number of halogens is 1. The number of benzene rings is 2. The third-order valence-corrected chi connectivity index (χ3v) is 4.35. The van der Waals surface area contributed by atoms with E-state index in [1.807, 2.05) is 24.3 Å². The number of carbonyl (C=O) groups excluding carboxylic acids is 1. The molecular weight excluding hydrogens is 326 g/mol. The quantitative estimate of drug-likeness (QED) is 0.302. The average Bonchev–Trinajstić information content (AvgIpc) is 2.93. The molecule has 0 bridgehead atoms. The first-order valence-corrected chi connectivity index (χ1v) is 7.39. The molecule has 0 N–H and O–H groups in total. The zero-order valence-electron chi connectivity index (χ0n) is 11.0. The van der Waals surface area contributed by atoms with Gasteiger partial charge < -0.3 is 4.74 Å². The van der Waals surface area contributed by atoms with Crippen molar-refractivity contribution in [2.24, 2.45) is 0 Å². The molecule has 0 fully saturated rings. The number of non-ortho nitro benzene ring substituents is 1. The fourth-order valence-electron chi connectivity index (χ4n) is 1.92. The number of esters is 1. The molecular formula is C15H8ClNO4S. The van der Waals surface area contributed by atoms with Crippen molar-refractivity contribution in [1.29, 1.82) is 0 Å². The molecule has 0 unspecified atom stereocenters. The Hall–Kier alpha value is -2.44. The van der Waals surface area contributed by atoms with Crippen LogP contribution < -0.4 is 4.74 Å². The van der Waals surface area contributed by atoms with Crippen molar-refractivity contribution < 1.29 is 14.5 Å². The van der Waals surface area contributed by atoms with Crippen LogP contribution in [0, 0.1) is 10.1 Å². The predicted octanol–water partition coefficient (Wildman–Crippen LogP) is 4.68. The summed E-state index contributed by atoms with van der Waals surface area (Å²) in [6, 6.07) is 13.0. The summed E-state index contributed by atoms with van der Waals surface area (Å²) in [5, 5.41) is 11.6. The van der Waals surface area contributed by atoms with Crippen LogP contribution in [-0.2, 0) is 0 Å². The van der Waals surface area contributed by atoms with Crippen molar-refractivity contribution in [1.82, 2.24) is 0 Å². The van der Waals surface area contributed by atoms with Crippen LogP contribution in [0.4, 0.5) is 5.69 Å². The van der Waals surface area contributed by atoms with Gasteiger partial charge in [-0.05, 0) is 23.6 Å². The van der Waals surface area contributed by atoms with E-state index in [1.165, 1.54) is 23.5 Å². The summed E-state index contributed by atoms with van der Waals surface area (Å²) in [5.74, 6) is -0.452. The normalized spacial score (nSPS) is 10.6. The standard InChI is InChI=1S/C15H8ClNO4S/c16-11-8-10(17(19)20)5-6-12(11)21-15(18)14-7-9-3-1-2-4-13(9)22-14/h1-8H. The van der Waals surface area contributed by atoms with Crippen molar-refractivity contribution in [3.63, 3.8) is 0 Å². The molecule has 1 heterocycles. The highest BCUT2D eigenvalue weighted by Crippen LogP contribution is 2.31. The van der Waals surface area contributed by atoms with E-state index in [2.05, 4.69) is 0 Å². The van der Waals surface area contributed by atoms with E-state index in [1.54, 1.807) is 6.07 Å². The molecule has 0 saturated heterocycles. The molecule has 0 aliphatic carbocycles. The molecule has 0 saturated carbocycles. The number of nitrogens with zero attached hydrogens (tertiary/aromatic N) is 1. The molecule has 0 radical (unpaired) electrons. The number of hydrogen-bond acceptors (Lipinski definition) is 5. The lowest BCUT2D eigenvalue weighted by Gasteiger charge is -2.04. The SMILES string of the molecule is O=C(Oc1ccc([N+](=O)[O-])cc1Cl)c1cc2ccccc2s1. The summed E-state index contributed by atoms with van der Waals surface area (Å²) >= 11 is 7.22. The minimum absolute atomic E-state index is 0.0173. The largest absolute Gasteiger partial charge is 0.421 e. The fourth-order valence-corrected chi connectivity index (χ4v) is 3.07. The van der Waals surface area contributed by atoms with E-state index in [9.17, 15) is 14.9 Å². The Labute approximate surface area is 133 Å². The Morgan fingerprint density at radius 2 is 1.95 bits per heavy atom. The van der Waals surface area contributed by atoms with Crippen molar-refractivity contribution in [3.05, 3.63) is 68.5 Å². The molecule has 3 rings (SSSR count). The van der Waals surface area contributed by atoms with Gasteiger partial charge in [-0.25, -0.2) is 4.79 Å². The van der Waals surface area contributed by atoms with Gasteiger partial charge in [0.05, 0.1) is 9.95 Å². The second kappa shape index (κ2) is 5.75. The maximum absolute atomic E-state index is 12.2. The van der Waals surface area contributed by atoms with Crippen LogP contribution >= 0.6 is 22.9 Å². The van der Waals surface area contributed by atoms with Crippen molar-refractivity contribution >= 4 is 44.7 Å². The van der Waals surface area contributed by atoms with Gasteiger partial charge in [0.1, 0.15) is 10.6 Å². The van der Waals surface area contributed by atoms with Crippen LogP contribution in [0.1, 0.15) is 9.67 Å². The van der Waals surface area contributed by atoms with Gasteiger partial charge in [-0.15, -0.1) is 11.3 Å². The van der Waals surface area contributed by atoms with Gasteiger partial charge >= 0.3 is 5.97 Å². The van der Waals surface area contributed by atoms with Crippen LogP contribution in [0.25, 0.3) is 10.1 Å². The van der Waals surface area contributed by atoms with Crippen LogP contribution in [0.15, 0.2) is 48.5 Å². The molecule has 22 heavy (non-hydrogen) atoms. The monoisotopic (exact) mass is 333 g/mol. The van der Waals surface area contributed by atoms with Gasteiger partial charge in [0.2, 0.25) is 0 Å². The van der Waals surface area contributed by atoms with E-state index in [0.29, 0.717) is 4.88 Å². The van der Waals surface area contributed by atoms with Gasteiger partial charge in [0.15, 0.2) is 0 Å². The van der Waals surface area contributed by atoms with E-state index in [4.69, 9.17) is 16.3 Å². The minimum Gasteiger partial charge on any atom is -0.421 e. The number of thiophene rings is 1. The number of carbonyl (C=O) groups is 1. The molecule has 5 nitrogen and oxygen atoms in total. The smallest absolute Gasteiger partial charge is 0.353 e. The Balaban J connectivity index is 1.86. The van der Waals surface area contributed by atoms with Crippen LogP contribution in [-0.4, -0.2) is 10.9 Å². The molecule has 0 amide bonds. The third-order valence-electron chi connectivity index (χ3n) is 2.96. The maximum atomic E-state index is 12.2. The molecule has 3 aromatic rings. The van der Waals surface area contributed by atoms with E-state index in [0.717, 1.165) is 16.2 Å². The molecule has 1 aromatic heterocycles. The number of nitro groups is 1. The number of hydrogen-bond donors (Lipinski definition) is 0. The van der Waals surface area contributed by atoms with Gasteiger partial charge in [-0.1, -0.05) is 29.8 Å². The molecule has 2 aromatic carbocycles. The number of nitro benzene ring substituents is 1. The van der Waals surface area contributed by atoms with Crippen LogP contribution in [0.5, 0.6) is 5.75 Å². The topological polar surface area (TPSA) is 69.4 Å². The first-order chi connectivity index (χ1) is 10.5. The summed E-state index contributed by atoms with van der Waals surface area (Å²) in [6.45, 7) is 0. The third kappa shape index (κ3) is 2.79. The van der Waals surface area contributed by atoms with E-state index < -0.39 is 10.9 Å². The Morgan fingerprint density at radius 1 is 1.18 bits per heavy atom. The van der Waals surface area contributed by atoms with Gasteiger partial charge in [-0.3, -0.25) is 10.1 Å². The summed E-state index contributed by atoms with van der Waals surface area (Å²) in [5.41, 5.74) is -0.160. The summed E-state index contributed by atoms with van der Waals surface area (Å²) in [6.07, 6.45) is 0. The first-order valence-electron chi connectivity index (χ1n) is 6.19. The van der Waals surface area contributed by atoms with Gasteiger partial charge in [0, 0.05) is 16.8 Å². The Bertz CT molecular complexity index is 857. The summed E-state index contributed by atoms with van der Waals surface area (Å²) in [7, 11) is 0. The van der Waals surface area contributed by atoms with Crippen LogP contribution in [0.2, 0.25) is 5.02 Å². The minimum atomic E-state index is -0.566. The zero-order chi connectivity index (χ0) is 15.7. The highest BCUT2D eigenvalue weighted by molar-refractivity contribution is 7.20. The number of ether oxygens (including phenoxy) is 1. The second-order valence-electron chi connectivity index (χ2n) is 4.41. The molecule has 110 valence electrons. The predicted molar refractivity (Wildman–Crippen MR) is 84.9 cm³/mol. The molecule has 0 aliphatic heterocycles. The molecule has 0 aliphatic rings. The fraction of sp³-hybridized carbons (Fsp3) is 0. The number of fused-ring (bicyclic) bond motifs is 1. The maximum Gasteiger partial charge on any atom is 0.353 e. The molecule has 0 spiro atoms. The van der Waals surface area contributed by atoms with E-state index in [-0.39, 0.29) is 16.5 Å². The lowest BCUT2D eigenvalue weighted by atomic mass is 10.2. The van der Waals surface area contributed by atoms with Gasteiger partial charge in [-0.2, -0.15) is 0 Å². The first kappa shape index (κ1) is 14.5. The Morgan fingerprint density at radius 3 is 2.64 bits per heavy atom. The highest BCUT2D eigenvalue weighted by Gasteiger charge is 2.16. The summed E-state index contributed by atoms with van der Waals surface area (Å²) in [4.78, 5) is 22.7. The average molecular weight is 334 g/mol. The molecule has 7 heteroatoms. The van der Waals surface area contributed by atoms with E-state index >= 15 is 0 Å². The highest BCUT2D eigenvalue weighted by atomic mass is 35.5. The Kier molecular flexibility index (Phi) is 3.79. The van der Waals surface area contributed by atoms with Gasteiger partial charge in [0.25, 0.3) is 5.69 Å². The zero-order valence-corrected chi connectivity index (χ0v) is 12.6. The molecule has 0 atom stereocenters.